The fourth-order valence-corrected chi connectivity index (χ4v) is 2.15. The monoisotopic (exact) mass is 369 g/mol. The molecule has 9 heteroatoms. The first-order chi connectivity index (χ1) is 12.9. The quantitative estimate of drug-likeness (QED) is 0.450. The topological polar surface area (TPSA) is 132 Å². The lowest BCUT2D eigenvalue weighted by atomic mass is 10.1. The molecule has 0 aliphatic heterocycles. The van der Waals surface area contributed by atoms with Crippen molar-refractivity contribution in [3.8, 4) is 6.07 Å². The number of carbonyl (C=O) groups is 2. The first-order valence-electron chi connectivity index (χ1n) is 7.68. The van der Waals surface area contributed by atoms with Crippen LogP contribution in [0, 0.1) is 21.4 Å². The highest BCUT2D eigenvalue weighted by molar-refractivity contribution is 5.96. The molecule has 1 N–H and O–H groups in total. The highest BCUT2D eigenvalue weighted by atomic mass is 16.6. The molecule has 0 saturated heterocycles. The number of rotatable bonds is 7. The molecule has 0 aromatic heterocycles. The Morgan fingerprint density at radius 2 is 1.93 bits per heavy atom. The zero-order valence-electron chi connectivity index (χ0n) is 14.3. The third-order valence-corrected chi connectivity index (χ3v) is 3.44. The molecule has 0 saturated carbocycles. The minimum atomic E-state index is -0.682. The molecular formula is C18H15N3O6. The summed E-state index contributed by atoms with van der Waals surface area (Å²) in [5.41, 5.74) is 0.906. The lowest BCUT2D eigenvalue weighted by Crippen LogP contribution is -2.21. The third-order valence-electron chi connectivity index (χ3n) is 3.44. The molecule has 0 fully saturated rings. The molecule has 0 aliphatic carbocycles. The number of carbonyl (C=O) groups excluding carboxylic acids is 2. The second kappa shape index (κ2) is 9.07. The number of benzene rings is 2. The summed E-state index contributed by atoms with van der Waals surface area (Å²) < 4.78 is 9.90. The van der Waals surface area contributed by atoms with Gasteiger partial charge in [0.1, 0.15) is 6.07 Å². The summed E-state index contributed by atoms with van der Waals surface area (Å²) in [7, 11) is 1.56. The van der Waals surface area contributed by atoms with Gasteiger partial charge in [-0.3, -0.25) is 14.9 Å². The number of hydrogen-bond acceptors (Lipinski definition) is 7. The molecule has 0 aliphatic rings. The number of nitro benzene ring substituents is 1. The smallest absolute Gasteiger partial charge is 0.338 e. The maximum atomic E-state index is 12.0. The highest BCUT2D eigenvalue weighted by Gasteiger charge is 2.14. The Bertz CT molecular complexity index is 902. The lowest BCUT2D eigenvalue weighted by molar-refractivity contribution is -0.384. The average Bonchev–Trinajstić information content (AvgIpc) is 2.67. The van der Waals surface area contributed by atoms with Gasteiger partial charge in [0.25, 0.3) is 11.6 Å². The van der Waals surface area contributed by atoms with Crippen LogP contribution in [0.25, 0.3) is 0 Å². The zero-order valence-corrected chi connectivity index (χ0v) is 14.3. The van der Waals surface area contributed by atoms with E-state index in [2.05, 4.69) is 5.32 Å². The summed E-state index contributed by atoms with van der Waals surface area (Å²) in [6.07, 6.45) is 0. The van der Waals surface area contributed by atoms with Crippen molar-refractivity contribution in [3.05, 3.63) is 69.3 Å². The summed E-state index contributed by atoms with van der Waals surface area (Å²) in [6, 6.07) is 11.7. The van der Waals surface area contributed by atoms with Gasteiger partial charge in [-0.05, 0) is 23.8 Å². The van der Waals surface area contributed by atoms with Crippen LogP contribution in [0.2, 0.25) is 0 Å². The summed E-state index contributed by atoms with van der Waals surface area (Å²) in [6.45, 7) is -0.158. The van der Waals surface area contributed by atoms with Gasteiger partial charge in [0, 0.05) is 19.2 Å². The fourth-order valence-electron chi connectivity index (χ4n) is 2.15. The van der Waals surface area contributed by atoms with Crippen molar-refractivity contribution in [2.45, 2.75) is 6.61 Å². The van der Waals surface area contributed by atoms with E-state index in [-0.39, 0.29) is 22.5 Å². The van der Waals surface area contributed by atoms with Crippen molar-refractivity contribution in [3.63, 3.8) is 0 Å². The molecule has 0 spiro atoms. The second-order valence-electron chi connectivity index (χ2n) is 5.35. The molecule has 1 amide bonds. The van der Waals surface area contributed by atoms with Gasteiger partial charge >= 0.3 is 5.97 Å². The molecule has 9 nitrogen and oxygen atoms in total. The normalized spacial score (nSPS) is 9.93. The van der Waals surface area contributed by atoms with Crippen LogP contribution in [0.1, 0.15) is 21.5 Å². The molecule has 0 unspecified atom stereocenters. The number of hydrogen-bond donors (Lipinski definition) is 1. The Morgan fingerprint density at radius 1 is 1.22 bits per heavy atom. The Kier molecular flexibility index (Phi) is 6.57. The Morgan fingerprint density at radius 3 is 2.52 bits per heavy atom. The number of methoxy groups -OCH3 is 1. The van der Waals surface area contributed by atoms with Gasteiger partial charge in [-0.1, -0.05) is 12.1 Å². The van der Waals surface area contributed by atoms with Gasteiger partial charge in [-0.2, -0.15) is 5.26 Å². The van der Waals surface area contributed by atoms with Crippen LogP contribution in [0.5, 0.6) is 0 Å². The molecule has 2 aromatic rings. The van der Waals surface area contributed by atoms with E-state index >= 15 is 0 Å². The summed E-state index contributed by atoms with van der Waals surface area (Å²) >= 11 is 0. The van der Waals surface area contributed by atoms with E-state index in [1.807, 2.05) is 0 Å². The summed E-state index contributed by atoms with van der Waals surface area (Å²) in [4.78, 5) is 33.9. The first kappa shape index (κ1) is 19.6. The Hall–Kier alpha value is -3.77. The lowest BCUT2D eigenvalue weighted by Gasteiger charge is -2.08. The predicted molar refractivity (Wildman–Crippen MR) is 93.9 cm³/mol. The van der Waals surface area contributed by atoms with Crippen molar-refractivity contribution in [2.75, 3.05) is 19.0 Å². The number of nitrogens with one attached hydrogen (secondary N) is 1. The molecule has 2 rings (SSSR count). The van der Waals surface area contributed by atoms with E-state index in [9.17, 15) is 19.7 Å². The van der Waals surface area contributed by atoms with Crippen molar-refractivity contribution in [2.24, 2.45) is 0 Å². The van der Waals surface area contributed by atoms with Gasteiger partial charge in [-0.25, -0.2) is 4.79 Å². The van der Waals surface area contributed by atoms with Crippen LogP contribution in [0.15, 0.2) is 42.5 Å². The average molecular weight is 369 g/mol. The number of ether oxygens (including phenoxy) is 2. The van der Waals surface area contributed by atoms with Crippen LogP contribution < -0.4 is 5.32 Å². The van der Waals surface area contributed by atoms with E-state index in [1.165, 1.54) is 6.07 Å². The number of esters is 1. The number of nitro groups is 1. The minimum Gasteiger partial charge on any atom is -0.452 e. The summed E-state index contributed by atoms with van der Waals surface area (Å²) in [5, 5.41) is 22.1. The van der Waals surface area contributed by atoms with E-state index < -0.39 is 23.4 Å². The molecule has 0 radical (unpaired) electrons. The number of nitriles is 1. The second-order valence-corrected chi connectivity index (χ2v) is 5.35. The van der Waals surface area contributed by atoms with Crippen molar-refractivity contribution in [1.82, 2.24) is 0 Å². The molecular weight excluding hydrogens is 354 g/mol. The fraction of sp³-hybridized carbons (Fsp3) is 0.167. The predicted octanol–water partition coefficient (Wildman–Crippen LogP) is 2.41. The van der Waals surface area contributed by atoms with Gasteiger partial charge in [-0.15, -0.1) is 0 Å². The van der Waals surface area contributed by atoms with E-state index in [0.29, 0.717) is 6.61 Å². The van der Waals surface area contributed by atoms with Crippen molar-refractivity contribution in [1.29, 1.82) is 5.26 Å². The molecule has 0 bridgehead atoms. The maximum absolute atomic E-state index is 12.0. The number of nitrogens with zero attached hydrogens (tertiary/aromatic N) is 2. The SMILES string of the molecule is COCc1ccc(C(=O)OCC(=O)Nc2ccc([N+](=O)[O-])cc2C#N)cc1. The number of non-ortho nitro benzene ring substituents is 1. The molecule has 0 heterocycles. The first-order valence-corrected chi connectivity index (χ1v) is 7.68. The van der Waals surface area contributed by atoms with Gasteiger partial charge in [0.15, 0.2) is 6.61 Å². The zero-order chi connectivity index (χ0) is 19.8. The van der Waals surface area contributed by atoms with E-state index in [1.54, 1.807) is 37.4 Å². The van der Waals surface area contributed by atoms with Crippen LogP contribution in [-0.4, -0.2) is 30.5 Å². The van der Waals surface area contributed by atoms with E-state index in [4.69, 9.17) is 14.7 Å². The van der Waals surface area contributed by atoms with Crippen LogP contribution in [0.3, 0.4) is 0 Å². The highest BCUT2D eigenvalue weighted by Crippen LogP contribution is 2.21. The van der Waals surface area contributed by atoms with Gasteiger partial charge in [0.2, 0.25) is 0 Å². The standard InChI is InChI=1S/C18H15N3O6/c1-26-10-12-2-4-13(5-3-12)18(23)27-11-17(22)20-16-7-6-15(21(24)25)8-14(16)9-19/h2-8H,10-11H2,1H3,(H,20,22). The Labute approximate surface area is 154 Å². The number of amides is 1. The largest absolute Gasteiger partial charge is 0.452 e. The summed E-state index contributed by atoms with van der Waals surface area (Å²) in [5.74, 6) is -1.36. The molecule has 0 atom stereocenters. The third kappa shape index (κ3) is 5.35. The van der Waals surface area contributed by atoms with Crippen LogP contribution in [0.4, 0.5) is 11.4 Å². The Balaban J connectivity index is 1.95. The minimum absolute atomic E-state index is 0.0717. The van der Waals surface area contributed by atoms with Crippen LogP contribution in [-0.2, 0) is 20.9 Å². The molecule has 138 valence electrons. The van der Waals surface area contributed by atoms with Gasteiger partial charge in [0.05, 0.1) is 28.3 Å². The maximum Gasteiger partial charge on any atom is 0.338 e. The van der Waals surface area contributed by atoms with Crippen LogP contribution >= 0.6 is 0 Å². The van der Waals surface area contributed by atoms with E-state index in [0.717, 1.165) is 17.7 Å². The van der Waals surface area contributed by atoms with Crippen molar-refractivity contribution >= 4 is 23.3 Å². The molecule has 27 heavy (non-hydrogen) atoms. The van der Waals surface area contributed by atoms with Crippen molar-refractivity contribution < 1.29 is 24.0 Å². The molecule has 2 aromatic carbocycles. The number of anilines is 1. The van der Waals surface area contributed by atoms with Gasteiger partial charge < -0.3 is 14.8 Å².